The van der Waals surface area contributed by atoms with E-state index in [9.17, 15) is 41.9 Å². The Bertz CT molecular complexity index is 1400. The second-order valence-corrected chi connectivity index (χ2v) is 11.7. The molecule has 2 aromatic carbocycles. The molecule has 15 nitrogen and oxygen atoms in total. The summed E-state index contributed by atoms with van der Waals surface area (Å²) in [4.78, 5) is 29.5. The maximum atomic E-state index is 11.8. The van der Waals surface area contributed by atoms with Crippen LogP contribution in [0.3, 0.4) is 0 Å². The molecule has 2 aliphatic heterocycles. The van der Waals surface area contributed by atoms with E-state index in [4.69, 9.17) is 13.1 Å². The first-order valence-corrected chi connectivity index (χ1v) is 15.1. The number of ether oxygens (including phenoxy) is 2. The molecule has 0 amide bonds. The first-order chi connectivity index (χ1) is 19.4. The van der Waals surface area contributed by atoms with E-state index in [0.717, 1.165) is 0 Å². The van der Waals surface area contributed by atoms with Crippen LogP contribution in [0, 0.1) is 20.2 Å². The van der Waals surface area contributed by atoms with Crippen LogP contribution in [0.4, 0.5) is 0 Å². The molecule has 4 rings (SSSR count). The molecule has 0 saturated carbocycles. The smallest absolute Gasteiger partial charge is 0.309 e. The fourth-order valence-electron chi connectivity index (χ4n) is 2.87. The second-order valence-electron chi connectivity index (χ2n) is 8.31. The van der Waals surface area contributed by atoms with Crippen LogP contribution in [0.25, 0.3) is 0 Å². The van der Waals surface area contributed by atoms with Gasteiger partial charge in [-0.3, -0.25) is 25.0 Å². The lowest BCUT2D eigenvalue weighted by molar-refractivity contribution is -0.479. The van der Waals surface area contributed by atoms with Gasteiger partial charge in [-0.1, -0.05) is 36.4 Å². The van der Waals surface area contributed by atoms with Crippen molar-refractivity contribution >= 4 is 26.0 Å². The lowest BCUT2D eigenvalue weighted by Crippen LogP contribution is -2.26. The number of para-hydroxylation sites is 2. The summed E-state index contributed by atoms with van der Waals surface area (Å²) in [6.45, 7) is 0.698. The third-order valence-electron chi connectivity index (χ3n) is 4.96. The molecule has 0 aromatic heterocycles. The third kappa shape index (κ3) is 13.8. The minimum absolute atomic E-state index is 0.0534. The molecule has 0 bridgehead atoms. The Morgan fingerprint density at radius 2 is 1.20 bits per heavy atom. The molecule has 224 valence electrons. The summed E-state index contributed by atoms with van der Waals surface area (Å²) < 4.78 is 65.1. The van der Waals surface area contributed by atoms with Crippen molar-refractivity contribution in [2.24, 2.45) is 0 Å². The molecule has 17 heteroatoms. The van der Waals surface area contributed by atoms with Crippen molar-refractivity contribution in [1.82, 2.24) is 0 Å². The Hall–Kier alpha value is -3.93. The molecule has 2 saturated heterocycles. The topological polar surface area (TPSA) is 209 Å². The number of benzene rings is 2. The van der Waals surface area contributed by atoms with Crippen molar-refractivity contribution in [2.45, 2.75) is 12.8 Å². The van der Waals surface area contributed by atoms with Crippen LogP contribution >= 0.6 is 0 Å². The number of rotatable bonds is 12. The average molecular weight is 617 g/mol. The summed E-state index contributed by atoms with van der Waals surface area (Å²) in [5.41, 5.74) is 0.432. The number of Topliss-reactive ketones (excluding diaryl/α,β-unsaturated/α-hetero) is 1. The highest BCUT2D eigenvalue weighted by Crippen LogP contribution is 2.20. The monoisotopic (exact) mass is 616 g/mol. The van der Waals surface area contributed by atoms with Gasteiger partial charge in [0.25, 0.3) is 5.70 Å². The lowest BCUT2D eigenvalue weighted by atomic mass is 10.1. The van der Waals surface area contributed by atoms with E-state index in [1.54, 1.807) is 36.4 Å². The number of carbonyl (C=O) groups excluding carboxylic acids is 1. The molecule has 2 aliphatic rings. The molecule has 2 fully saturated rings. The van der Waals surface area contributed by atoms with Crippen molar-refractivity contribution in [3.63, 3.8) is 0 Å². The largest absolute Gasteiger partial charge is 0.382 e. The van der Waals surface area contributed by atoms with Crippen LogP contribution in [0.1, 0.15) is 12.8 Å². The molecule has 0 spiro atoms. The SMILES string of the molecule is O=C1COC1.O=[N+]([O-])C(CCS(=O)(=O)Oc1ccccc1)=C1COC1.O=[N+]([O-])CCCS(=O)(=O)Oc1ccccc1. The first-order valence-electron chi connectivity index (χ1n) is 12.0. The minimum Gasteiger partial charge on any atom is -0.382 e. The molecule has 0 unspecified atom stereocenters. The standard InChI is InChI=1S/C12H13NO6S.C9H11NO5S.C3H4O2/c14-13(15)12(10-8-18-9-10)6-7-20(16,17)19-11-4-2-1-3-5-11;11-10(12)7-4-8-16(13,14)15-9-5-2-1-3-6-9;4-3-1-5-2-3/h1-5H,6-9H2;1-3,5-6H,4,7-8H2;1-2H2. The Kier molecular flexibility index (Phi) is 13.3. The number of hydrogen-bond acceptors (Lipinski definition) is 13. The van der Waals surface area contributed by atoms with Crippen LogP contribution in [0.15, 0.2) is 71.9 Å². The number of allylic oxidation sites excluding steroid dienone is 1. The highest BCUT2D eigenvalue weighted by molar-refractivity contribution is 7.87. The fraction of sp³-hybridized carbons (Fsp3) is 0.375. The molecular weight excluding hydrogens is 588 g/mol. The molecule has 0 atom stereocenters. The van der Waals surface area contributed by atoms with Gasteiger partial charge in [-0.2, -0.15) is 16.8 Å². The van der Waals surface area contributed by atoms with Gasteiger partial charge in [-0.15, -0.1) is 0 Å². The third-order valence-corrected chi connectivity index (χ3v) is 7.35. The number of ketones is 1. The zero-order valence-corrected chi connectivity index (χ0v) is 23.3. The summed E-state index contributed by atoms with van der Waals surface area (Å²) in [5.74, 6) is -0.187. The van der Waals surface area contributed by atoms with E-state index in [-0.39, 0.29) is 61.3 Å². The van der Waals surface area contributed by atoms with E-state index in [2.05, 4.69) is 4.74 Å². The summed E-state index contributed by atoms with van der Waals surface area (Å²) in [5, 5.41) is 20.9. The predicted molar refractivity (Wildman–Crippen MR) is 143 cm³/mol. The zero-order chi connectivity index (χ0) is 30.3. The van der Waals surface area contributed by atoms with Gasteiger partial charge in [0.2, 0.25) is 6.54 Å². The van der Waals surface area contributed by atoms with E-state index in [1.165, 1.54) is 24.3 Å². The summed E-state index contributed by atoms with van der Waals surface area (Å²) in [6, 6.07) is 16.0. The van der Waals surface area contributed by atoms with Crippen LogP contribution in [-0.2, 0) is 34.5 Å². The molecule has 2 heterocycles. The molecule has 2 aromatic rings. The van der Waals surface area contributed by atoms with E-state index >= 15 is 0 Å². The quantitative estimate of drug-likeness (QED) is 0.190. The molecule has 0 N–H and O–H groups in total. The van der Waals surface area contributed by atoms with Crippen LogP contribution in [-0.4, -0.2) is 76.9 Å². The Balaban J connectivity index is 0.000000249. The number of carbonyl (C=O) groups is 1. The van der Waals surface area contributed by atoms with Gasteiger partial charge in [0.05, 0.1) is 41.6 Å². The molecule has 0 aliphatic carbocycles. The van der Waals surface area contributed by atoms with E-state index in [0.29, 0.717) is 18.8 Å². The second kappa shape index (κ2) is 16.4. The fourth-order valence-corrected chi connectivity index (χ4v) is 4.78. The van der Waals surface area contributed by atoms with Crippen molar-refractivity contribution < 1.29 is 49.3 Å². The van der Waals surface area contributed by atoms with Gasteiger partial charge in [0.1, 0.15) is 24.7 Å². The van der Waals surface area contributed by atoms with Crippen molar-refractivity contribution in [1.29, 1.82) is 0 Å². The number of hydrogen-bond donors (Lipinski definition) is 0. The molecule has 0 radical (unpaired) electrons. The zero-order valence-electron chi connectivity index (χ0n) is 21.7. The average Bonchev–Trinajstić information content (AvgIpc) is 2.85. The Morgan fingerprint density at radius 1 is 0.756 bits per heavy atom. The summed E-state index contributed by atoms with van der Waals surface area (Å²) in [6.07, 6.45) is -0.247. The van der Waals surface area contributed by atoms with Gasteiger partial charge in [-0.25, -0.2) is 0 Å². The summed E-state index contributed by atoms with van der Waals surface area (Å²) in [7, 11) is -7.60. The summed E-state index contributed by atoms with van der Waals surface area (Å²) >= 11 is 0. The van der Waals surface area contributed by atoms with Crippen LogP contribution in [0.2, 0.25) is 0 Å². The van der Waals surface area contributed by atoms with Crippen molar-refractivity contribution in [3.8, 4) is 11.5 Å². The maximum absolute atomic E-state index is 11.8. The Morgan fingerprint density at radius 3 is 1.54 bits per heavy atom. The molecular formula is C24H28N2O13S2. The van der Waals surface area contributed by atoms with Gasteiger partial charge in [0.15, 0.2) is 5.78 Å². The minimum atomic E-state index is -3.86. The van der Waals surface area contributed by atoms with E-state index < -0.39 is 35.8 Å². The van der Waals surface area contributed by atoms with E-state index in [1.807, 2.05) is 0 Å². The predicted octanol–water partition coefficient (Wildman–Crippen LogP) is 1.99. The van der Waals surface area contributed by atoms with Crippen molar-refractivity contribution in [2.75, 3.05) is 44.5 Å². The maximum Gasteiger partial charge on any atom is 0.309 e. The highest BCUT2D eigenvalue weighted by atomic mass is 32.2. The highest BCUT2D eigenvalue weighted by Gasteiger charge is 2.27. The normalized spacial score (nSPS) is 14.0. The van der Waals surface area contributed by atoms with Gasteiger partial charge < -0.3 is 17.8 Å². The van der Waals surface area contributed by atoms with Crippen LogP contribution < -0.4 is 8.37 Å². The Labute approximate surface area is 236 Å². The lowest BCUT2D eigenvalue weighted by Gasteiger charge is -2.17. The van der Waals surface area contributed by atoms with Gasteiger partial charge >= 0.3 is 20.2 Å². The van der Waals surface area contributed by atoms with Crippen molar-refractivity contribution in [3.05, 3.63) is 92.2 Å². The first kappa shape index (κ1) is 33.3. The number of nitro groups is 2. The van der Waals surface area contributed by atoms with Gasteiger partial charge in [0, 0.05) is 11.3 Å². The van der Waals surface area contributed by atoms with Gasteiger partial charge in [-0.05, 0) is 24.3 Å². The number of nitrogens with zero attached hydrogens (tertiary/aromatic N) is 2. The molecule has 41 heavy (non-hydrogen) atoms. The van der Waals surface area contributed by atoms with Crippen LogP contribution in [0.5, 0.6) is 11.5 Å².